The summed E-state index contributed by atoms with van der Waals surface area (Å²) in [5.74, 6) is -3.23. The molecule has 3 aromatic rings. The summed E-state index contributed by atoms with van der Waals surface area (Å²) in [6, 6.07) is 18.9. The van der Waals surface area contributed by atoms with E-state index < -0.39 is 48.2 Å². The van der Waals surface area contributed by atoms with E-state index in [1.54, 1.807) is 6.07 Å². The summed E-state index contributed by atoms with van der Waals surface area (Å²) in [5.41, 5.74) is 6.88. The van der Waals surface area contributed by atoms with E-state index >= 15 is 0 Å². The van der Waals surface area contributed by atoms with Crippen LogP contribution in [0.25, 0.3) is 10.8 Å². The summed E-state index contributed by atoms with van der Waals surface area (Å²) >= 11 is 0. The lowest BCUT2D eigenvalue weighted by Crippen LogP contribution is -2.55. The average molecular weight is 477 g/mol. The molecule has 0 radical (unpaired) electrons. The molecule has 182 valence electrons. The lowest BCUT2D eigenvalue weighted by atomic mass is 10.0. The number of rotatable bonds is 10. The molecule has 0 aliphatic heterocycles. The van der Waals surface area contributed by atoms with Crippen LogP contribution < -0.4 is 21.7 Å². The second-order valence-corrected chi connectivity index (χ2v) is 8.25. The highest BCUT2D eigenvalue weighted by Crippen LogP contribution is 2.19. The molecule has 35 heavy (non-hydrogen) atoms. The number of nitrogens with two attached hydrogens (primary N) is 1. The van der Waals surface area contributed by atoms with E-state index in [0.717, 1.165) is 16.3 Å². The van der Waals surface area contributed by atoms with Crippen LogP contribution in [-0.4, -0.2) is 46.9 Å². The van der Waals surface area contributed by atoms with Crippen LogP contribution in [0.5, 0.6) is 0 Å². The molecule has 9 heteroatoms. The molecule has 6 N–H and O–H groups in total. The quantitative estimate of drug-likeness (QED) is 0.301. The minimum absolute atomic E-state index is 0.160. The summed E-state index contributed by atoms with van der Waals surface area (Å²) in [6.07, 6.45) is -0.498. The maximum absolute atomic E-state index is 13.2. The largest absolute Gasteiger partial charge is 0.481 e. The Balaban J connectivity index is 1.81. The lowest BCUT2D eigenvalue weighted by molar-refractivity contribution is -0.141. The maximum Gasteiger partial charge on any atom is 0.305 e. The third-order valence-corrected chi connectivity index (χ3v) is 5.36. The first-order valence-electron chi connectivity index (χ1n) is 11.1. The van der Waals surface area contributed by atoms with E-state index in [-0.39, 0.29) is 6.42 Å². The summed E-state index contributed by atoms with van der Waals surface area (Å²) in [7, 11) is 0. The van der Waals surface area contributed by atoms with Gasteiger partial charge < -0.3 is 26.8 Å². The molecule has 3 atom stereocenters. The smallest absolute Gasteiger partial charge is 0.305 e. The third-order valence-electron chi connectivity index (χ3n) is 5.36. The van der Waals surface area contributed by atoms with Crippen molar-refractivity contribution in [3.63, 3.8) is 0 Å². The van der Waals surface area contributed by atoms with Crippen LogP contribution in [0.3, 0.4) is 0 Å². The Morgan fingerprint density at radius 3 is 2.09 bits per heavy atom. The summed E-state index contributed by atoms with van der Waals surface area (Å²) in [6.45, 7) is 1.42. The Morgan fingerprint density at radius 1 is 0.800 bits per heavy atom. The predicted octanol–water partition coefficient (Wildman–Crippen LogP) is 1.81. The highest BCUT2D eigenvalue weighted by atomic mass is 16.4. The van der Waals surface area contributed by atoms with Crippen molar-refractivity contribution in [2.24, 2.45) is 5.73 Å². The molecule has 0 saturated heterocycles. The number of fused-ring (bicyclic) bond motifs is 1. The fourth-order valence-electron chi connectivity index (χ4n) is 3.51. The predicted molar refractivity (Wildman–Crippen MR) is 132 cm³/mol. The maximum atomic E-state index is 13.2. The zero-order valence-corrected chi connectivity index (χ0v) is 19.2. The fourth-order valence-corrected chi connectivity index (χ4v) is 3.51. The number of hydrogen-bond acceptors (Lipinski definition) is 5. The van der Waals surface area contributed by atoms with Gasteiger partial charge in [0.15, 0.2) is 0 Å². The van der Waals surface area contributed by atoms with E-state index in [9.17, 15) is 24.3 Å². The van der Waals surface area contributed by atoms with Gasteiger partial charge in [0.1, 0.15) is 12.1 Å². The SMILES string of the molecule is C[C@H](N)C(=O)N[C@@H](CC(=O)O)C(=O)N[C@@H](Cc1ccccc1)C(=O)Nc1ccc2ccccc2c1. The average Bonchev–Trinajstić information content (AvgIpc) is 2.83. The van der Waals surface area contributed by atoms with E-state index in [0.29, 0.717) is 5.69 Å². The van der Waals surface area contributed by atoms with Crippen LogP contribution >= 0.6 is 0 Å². The number of benzene rings is 3. The highest BCUT2D eigenvalue weighted by molar-refractivity contribution is 6.00. The first-order valence-corrected chi connectivity index (χ1v) is 11.1. The van der Waals surface area contributed by atoms with E-state index in [2.05, 4.69) is 16.0 Å². The second-order valence-electron chi connectivity index (χ2n) is 8.25. The monoisotopic (exact) mass is 476 g/mol. The Bertz CT molecular complexity index is 1210. The molecule has 0 spiro atoms. The normalized spacial score (nSPS) is 13.3. The molecule has 9 nitrogen and oxygen atoms in total. The van der Waals surface area contributed by atoms with Crippen LogP contribution in [0.4, 0.5) is 5.69 Å². The molecular formula is C26H28N4O5. The lowest BCUT2D eigenvalue weighted by Gasteiger charge is -2.23. The van der Waals surface area contributed by atoms with Crippen LogP contribution in [0.15, 0.2) is 72.8 Å². The number of aliphatic carboxylic acids is 1. The van der Waals surface area contributed by atoms with Crippen LogP contribution in [0.2, 0.25) is 0 Å². The van der Waals surface area contributed by atoms with Gasteiger partial charge in [-0.05, 0) is 35.4 Å². The number of hydrogen-bond donors (Lipinski definition) is 5. The van der Waals surface area contributed by atoms with E-state index in [1.165, 1.54) is 6.92 Å². The van der Waals surface area contributed by atoms with Crippen molar-refractivity contribution in [2.45, 2.75) is 37.9 Å². The molecular weight excluding hydrogens is 448 g/mol. The van der Waals surface area contributed by atoms with Gasteiger partial charge in [-0.3, -0.25) is 19.2 Å². The van der Waals surface area contributed by atoms with Gasteiger partial charge in [-0.2, -0.15) is 0 Å². The number of amides is 3. The molecule has 0 aromatic heterocycles. The molecule has 0 saturated carbocycles. The summed E-state index contributed by atoms with van der Waals surface area (Å²) < 4.78 is 0. The number of carboxylic acids is 1. The topological polar surface area (TPSA) is 151 Å². The first kappa shape index (κ1) is 25.4. The Labute approximate surface area is 202 Å². The molecule has 3 amide bonds. The minimum Gasteiger partial charge on any atom is -0.481 e. The molecule has 0 heterocycles. The van der Waals surface area contributed by atoms with Crippen LogP contribution in [0.1, 0.15) is 18.9 Å². The molecule has 0 aliphatic carbocycles. The fraction of sp³-hybridized carbons (Fsp3) is 0.231. The van der Waals surface area contributed by atoms with Crippen molar-refractivity contribution in [2.75, 3.05) is 5.32 Å². The van der Waals surface area contributed by atoms with Gasteiger partial charge in [-0.25, -0.2) is 0 Å². The number of nitrogens with one attached hydrogen (secondary N) is 3. The van der Waals surface area contributed by atoms with Gasteiger partial charge in [0.05, 0.1) is 12.5 Å². The molecule has 0 unspecified atom stereocenters. The van der Waals surface area contributed by atoms with Gasteiger partial charge in [0.25, 0.3) is 0 Å². The summed E-state index contributed by atoms with van der Waals surface area (Å²) in [4.78, 5) is 49.5. The standard InChI is InChI=1S/C26H28N4O5/c1-16(27)24(33)29-22(15-23(31)32)26(35)30-21(13-17-7-3-2-4-8-17)25(34)28-20-12-11-18-9-5-6-10-19(18)14-20/h2-12,14,16,21-22H,13,15,27H2,1H3,(H,28,34)(H,29,33)(H,30,35)(H,31,32)/t16-,21-,22-/m0/s1. The van der Waals surface area contributed by atoms with Gasteiger partial charge in [0.2, 0.25) is 17.7 Å². The Morgan fingerprint density at radius 2 is 1.43 bits per heavy atom. The van der Waals surface area contributed by atoms with Crippen LogP contribution in [-0.2, 0) is 25.6 Å². The minimum atomic E-state index is -1.39. The Kier molecular flexibility index (Phi) is 8.53. The van der Waals surface area contributed by atoms with Crippen molar-refractivity contribution in [3.05, 3.63) is 78.4 Å². The van der Waals surface area contributed by atoms with Crippen LogP contribution in [0, 0.1) is 0 Å². The molecule has 3 aromatic carbocycles. The van der Waals surface area contributed by atoms with E-state index in [4.69, 9.17) is 5.73 Å². The molecule has 0 fully saturated rings. The van der Waals surface area contributed by atoms with Crippen molar-refractivity contribution >= 4 is 40.2 Å². The molecule has 3 rings (SSSR count). The van der Waals surface area contributed by atoms with Gasteiger partial charge in [-0.1, -0.05) is 60.7 Å². The Hall–Kier alpha value is -4.24. The zero-order valence-electron chi connectivity index (χ0n) is 19.2. The highest BCUT2D eigenvalue weighted by Gasteiger charge is 2.29. The van der Waals surface area contributed by atoms with Crippen molar-refractivity contribution in [3.8, 4) is 0 Å². The van der Waals surface area contributed by atoms with Gasteiger partial charge in [0, 0.05) is 12.1 Å². The number of carbonyl (C=O) groups is 4. The van der Waals surface area contributed by atoms with Crippen molar-refractivity contribution in [1.82, 2.24) is 10.6 Å². The second kappa shape index (κ2) is 11.8. The number of carbonyl (C=O) groups excluding carboxylic acids is 3. The zero-order chi connectivity index (χ0) is 25.4. The third kappa shape index (κ3) is 7.38. The molecule has 0 bridgehead atoms. The molecule has 0 aliphatic rings. The van der Waals surface area contributed by atoms with Gasteiger partial charge in [-0.15, -0.1) is 0 Å². The number of anilines is 1. The van der Waals surface area contributed by atoms with Crippen molar-refractivity contribution < 1.29 is 24.3 Å². The van der Waals surface area contributed by atoms with E-state index in [1.807, 2.05) is 66.7 Å². The van der Waals surface area contributed by atoms with Gasteiger partial charge >= 0.3 is 5.97 Å². The number of carboxylic acid groups (broad SMARTS) is 1. The first-order chi connectivity index (χ1) is 16.7. The summed E-state index contributed by atoms with van der Waals surface area (Å²) in [5, 5.41) is 18.9. The van der Waals surface area contributed by atoms with Crippen molar-refractivity contribution in [1.29, 1.82) is 0 Å².